The van der Waals surface area contributed by atoms with E-state index in [1.165, 1.54) is 0 Å². The summed E-state index contributed by atoms with van der Waals surface area (Å²) in [6, 6.07) is 0. The van der Waals surface area contributed by atoms with Crippen LogP contribution in [-0.2, 0) is 23.8 Å². The number of ether oxygens (including phenoxy) is 3. The Morgan fingerprint density at radius 2 is 1.62 bits per heavy atom. The first kappa shape index (κ1) is 18.1. The number of carbonyl (C=O) groups excluding carboxylic acids is 2. The fourth-order valence-electron chi connectivity index (χ4n) is 2.03. The number of hydrogen-bond donors (Lipinski definition) is 1. The topological polar surface area (TPSA) is 73.9 Å². The normalized spacial score (nSPS) is 18.8. The summed E-state index contributed by atoms with van der Waals surface area (Å²) in [5, 5.41) is 2.35. The molecule has 1 unspecified atom stereocenters. The van der Waals surface area contributed by atoms with Crippen LogP contribution in [0.25, 0.3) is 0 Å². The molecule has 21 heavy (non-hydrogen) atoms. The summed E-state index contributed by atoms with van der Waals surface area (Å²) in [5.41, 5.74) is 0. The van der Waals surface area contributed by atoms with Gasteiger partial charge < -0.3 is 14.2 Å². The first-order chi connectivity index (χ1) is 10.2. The maximum absolute atomic E-state index is 11.5. The van der Waals surface area contributed by atoms with Crippen molar-refractivity contribution in [3.05, 3.63) is 0 Å². The van der Waals surface area contributed by atoms with Crippen LogP contribution < -0.4 is 5.32 Å². The van der Waals surface area contributed by atoms with Crippen molar-refractivity contribution in [1.29, 1.82) is 0 Å². The molecule has 1 atom stereocenters. The number of hydrogen-bond acceptors (Lipinski definition) is 5. The highest BCUT2D eigenvalue weighted by Crippen LogP contribution is 2.15. The Kier molecular flexibility index (Phi) is 10.0. The summed E-state index contributed by atoms with van der Waals surface area (Å²) >= 11 is 0. The van der Waals surface area contributed by atoms with Crippen molar-refractivity contribution in [2.45, 2.75) is 39.0 Å². The van der Waals surface area contributed by atoms with E-state index < -0.39 is 0 Å². The van der Waals surface area contributed by atoms with Crippen molar-refractivity contribution < 1.29 is 23.8 Å². The third-order valence-corrected chi connectivity index (χ3v) is 3.35. The van der Waals surface area contributed by atoms with Gasteiger partial charge in [-0.25, -0.2) is 0 Å². The Hall–Kier alpha value is -0.980. The standard InChI is InChI=1S/C15H27NO5/c1-2-3-7-19-9-11-21-12-10-20-8-6-13-4-5-14(17)16-15(13)18/h13H,2-12H2,1H3,(H,16,17,18). The number of imide groups is 1. The van der Waals surface area contributed by atoms with Crippen LogP contribution in [0.15, 0.2) is 0 Å². The molecule has 0 spiro atoms. The van der Waals surface area contributed by atoms with Crippen molar-refractivity contribution in [2.75, 3.05) is 39.6 Å². The minimum Gasteiger partial charge on any atom is -0.379 e. The Bertz CT molecular complexity index is 308. The molecule has 1 fully saturated rings. The Balaban J connectivity index is 1.84. The van der Waals surface area contributed by atoms with Gasteiger partial charge in [0.05, 0.1) is 26.4 Å². The summed E-state index contributed by atoms with van der Waals surface area (Å²) < 4.78 is 16.2. The van der Waals surface area contributed by atoms with Gasteiger partial charge in [-0.15, -0.1) is 0 Å². The Morgan fingerprint density at radius 3 is 2.24 bits per heavy atom. The van der Waals surface area contributed by atoms with Gasteiger partial charge in [0, 0.05) is 25.6 Å². The fourth-order valence-corrected chi connectivity index (χ4v) is 2.03. The Morgan fingerprint density at radius 1 is 1.00 bits per heavy atom. The molecule has 1 saturated heterocycles. The molecule has 1 aliphatic rings. The zero-order valence-electron chi connectivity index (χ0n) is 12.9. The summed E-state index contributed by atoms with van der Waals surface area (Å²) in [6.07, 6.45) is 3.93. The van der Waals surface area contributed by atoms with Crippen molar-refractivity contribution in [1.82, 2.24) is 5.32 Å². The highest BCUT2D eigenvalue weighted by Gasteiger charge is 2.25. The lowest BCUT2D eigenvalue weighted by molar-refractivity contribution is -0.136. The molecule has 0 aromatic rings. The maximum atomic E-state index is 11.5. The van der Waals surface area contributed by atoms with Gasteiger partial charge in [-0.05, 0) is 19.3 Å². The molecule has 0 saturated carbocycles. The van der Waals surface area contributed by atoms with Crippen molar-refractivity contribution in [3.8, 4) is 0 Å². The number of rotatable bonds is 12. The average Bonchev–Trinajstić information content (AvgIpc) is 2.46. The van der Waals surface area contributed by atoms with Gasteiger partial charge in [-0.3, -0.25) is 14.9 Å². The number of nitrogens with one attached hydrogen (secondary N) is 1. The zero-order chi connectivity index (χ0) is 15.3. The molecule has 0 radical (unpaired) electrons. The highest BCUT2D eigenvalue weighted by atomic mass is 16.5. The second-order valence-corrected chi connectivity index (χ2v) is 5.13. The van der Waals surface area contributed by atoms with Gasteiger partial charge in [-0.1, -0.05) is 13.3 Å². The Labute approximate surface area is 126 Å². The van der Waals surface area contributed by atoms with E-state index in [2.05, 4.69) is 12.2 Å². The molecular weight excluding hydrogens is 274 g/mol. The first-order valence-electron chi connectivity index (χ1n) is 7.81. The van der Waals surface area contributed by atoms with Gasteiger partial charge in [0.15, 0.2) is 0 Å². The van der Waals surface area contributed by atoms with Gasteiger partial charge in [0.25, 0.3) is 0 Å². The molecule has 0 aliphatic carbocycles. The van der Waals surface area contributed by atoms with E-state index in [9.17, 15) is 9.59 Å². The number of piperidine rings is 1. The molecule has 0 aromatic heterocycles. The quantitative estimate of drug-likeness (QED) is 0.434. The largest absolute Gasteiger partial charge is 0.379 e. The third-order valence-electron chi connectivity index (χ3n) is 3.35. The lowest BCUT2D eigenvalue weighted by atomic mass is 9.95. The van der Waals surface area contributed by atoms with E-state index in [1.54, 1.807) is 0 Å². The van der Waals surface area contributed by atoms with Crippen LogP contribution in [-0.4, -0.2) is 51.5 Å². The summed E-state index contributed by atoms with van der Waals surface area (Å²) in [6.45, 7) is 5.70. The third kappa shape index (κ3) is 8.80. The predicted molar refractivity (Wildman–Crippen MR) is 77.9 cm³/mol. The second kappa shape index (κ2) is 11.7. The molecule has 122 valence electrons. The van der Waals surface area contributed by atoms with E-state index in [4.69, 9.17) is 14.2 Å². The molecule has 0 aromatic carbocycles. The maximum Gasteiger partial charge on any atom is 0.229 e. The van der Waals surface area contributed by atoms with E-state index >= 15 is 0 Å². The fraction of sp³-hybridized carbons (Fsp3) is 0.867. The van der Waals surface area contributed by atoms with Crippen LogP contribution >= 0.6 is 0 Å². The van der Waals surface area contributed by atoms with Gasteiger partial charge in [-0.2, -0.15) is 0 Å². The molecule has 1 aliphatic heterocycles. The molecular formula is C15H27NO5. The lowest BCUT2D eigenvalue weighted by Gasteiger charge is -2.20. The van der Waals surface area contributed by atoms with Crippen LogP contribution in [0.2, 0.25) is 0 Å². The van der Waals surface area contributed by atoms with Crippen molar-refractivity contribution in [3.63, 3.8) is 0 Å². The summed E-state index contributed by atoms with van der Waals surface area (Å²) in [4.78, 5) is 22.5. The van der Waals surface area contributed by atoms with E-state index in [-0.39, 0.29) is 17.7 Å². The minimum absolute atomic E-state index is 0.101. The lowest BCUT2D eigenvalue weighted by Crippen LogP contribution is -2.41. The van der Waals surface area contributed by atoms with Crippen LogP contribution in [0.4, 0.5) is 0 Å². The molecule has 2 amide bonds. The molecule has 1 heterocycles. The van der Waals surface area contributed by atoms with E-state index in [1.807, 2.05) is 0 Å². The zero-order valence-corrected chi connectivity index (χ0v) is 12.9. The average molecular weight is 301 g/mol. The van der Waals surface area contributed by atoms with Gasteiger partial charge in [0.2, 0.25) is 11.8 Å². The monoisotopic (exact) mass is 301 g/mol. The first-order valence-corrected chi connectivity index (χ1v) is 7.81. The molecule has 1 N–H and O–H groups in total. The molecule has 6 nitrogen and oxygen atoms in total. The van der Waals surface area contributed by atoms with E-state index in [0.29, 0.717) is 52.3 Å². The number of carbonyl (C=O) groups is 2. The summed E-state index contributed by atoms with van der Waals surface area (Å²) in [7, 11) is 0. The van der Waals surface area contributed by atoms with Crippen LogP contribution in [0.3, 0.4) is 0 Å². The predicted octanol–water partition coefficient (Wildman–Crippen LogP) is 1.28. The van der Waals surface area contributed by atoms with Gasteiger partial charge in [0.1, 0.15) is 0 Å². The smallest absolute Gasteiger partial charge is 0.229 e. The van der Waals surface area contributed by atoms with Crippen molar-refractivity contribution >= 4 is 11.8 Å². The van der Waals surface area contributed by atoms with Crippen LogP contribution in [0.1, 0.15) is 39.0 Å². The van der Waals surface area contributed by atoms with Crippen molar-refractivity contribution in [2.24, 2.45) is 5.92 Å². The molecule has 6 heteroatoms. The van der Waals surface area contributed by atoms with E-state index in [0.717, 1.165) is 19.4 Å². The molecule has 1 rings (SSSR count). The SMILES string of the molecule is CCCCOCCOCCOCCC1CCC(=O)NC1=O. The highest BCUT2D eigenvalue weighted by molar-refractivity contribution is 5.98. The number of amides is 2. The molecule has 0 bridgehead atoms. The van der Waals surface area contributed by atoms with Gasteiger partial charge >= 0.3 is 0 Å². The number of unbranched alkanes of at least 4 members (excludes halogenated alkanes) is 1. The second-order valence-electron chi connectivity index (χ2n) is 5.13. The summed E-state index contributed by atoms with van der Waals surface area (Å²) in [5.74, 6) is -0.447. The van der Waals surface area contributed by atoms with Crippen LogP contribution in [0, 0.1) is 5.92 Å². The minimum atomic E-state index is -0.174. The van der Waals surface area contributed by atoms with Crippen LogP contribution in [0.5, 0.6) is 0 Å².